The van der Waals surface area contributed by atoms with E-state index in [9.17, 15) is 18.0 Å². The van der Waals surface area contributed by atoms with E-state index in [0.717, 1.165) is 18.6 Å². The van der Waals surface area contributed by atoms with E-state index in [1.807, 2.05) is 13.8 Å². The lowest BCUT2D eigenvalue weighted by Crippen LogP contribution is -2.35. The molecule has 7 heteroatoms. The average Bonchev–Trinajstić information content (AvgIpc) is 2.45. The van der Waals surface area contributed by atoms with E-state index >= 15 is 0 Å². The Morgan fingerprint density at radius 3 is 2.48 bits per heavy atom. The van der Waals surface area contributed by atoms with Gasteiger partial charge in [-0.2, -0.15) is 13.2 Å². The first-order chi connectivity index (χ1) is 10.6. The molecule has 0 fully saturated rings. The van der Waals surface area contributed by atoms with Gasteiger partial charge in [-0.1, -0.05) is 13.0 Å². The summed E-state index contributed by atoms with van der Waals surface area (Å²) in [4.78, 5) is 16.4. The molecule has 1 atom stereocenters. The van der Waals surface area contributed by atoms with Crippen molar-refractivity contribution in [1.82, 2.24) is 5.32 Å². The lowest BCUT2D eigenvalue weighted by atomic mass is 10.1. The smallest absolute Gasteiger partial charge is 0.416 e. The van der Waals surface area contributed by atoms with E-state index in [0.29, 0.717) is 0 Å². The second-order valence-corrected chi connectivity index (χ2v) is 5.39. The molecule has 0 saturated heterocycles. The quantitative estimate of drug-likeness (QED) is 0.670. The number of hydrogen-bond acceptors (Lipinski definition) is 3. The molecule has 0 saturated carbocycles. The van der Waals surface area contributed by atoms with E-state index in [1.165, 1.54) is 12.1 Å². The number of alkyl halides is 3. The van der Waals surface area contributed by atoms with Crippen LogP contribution in [0.4, 0.5) is 13.2 Å². The molecule has 23 heavy (non-hydrogen) atoms. The second kappa shape index (κ2) is 7.99. The van der Waals surface area contributed by atoms with Crippen molar-refractivity contribution in [2.75, 3.05) is 0 Å². The standard InChI is InChI=1S/C16H21F3N2O2/c1-5-11(4)20-15(23-10(2)3)21-14(22)12-7-6-8-13(9-12)16(17,18)19/h6-11H,5H2,1-4H3,(H,20,21,22)/t11-/m0/s1. The van der Waals surface area contributed by atoms with Gasteiger partial charge >= 0.3 is 6.18 Å². The van der Waals surface area contributed by atoms with Crippen LogP contribution in [0.2, 0.25) is 0 Å². The zero-order valence-corrected chi connectivity index (χ0v) is 13.6. The van der Waals surface area contributed by atoms with Gasteiger partial charge in [-0.05, 0) is 45.4 Å². The van der Waals surface area contributed by atoms with Crippen molar-refractivity contribution >= 4 is 11.9 Å². The highest BCUT2D eigenvalue weighted by Gasteiger charge is 2.31. The third-order valence-electron chi connectivity index (χ3n) is 2.95. The van der Waals surface area contributed by atoms with Gasteiger partial charge in [-0.3, -0.25) is 10.1 Å². The minimum absolute atomic E-state index is 0.0109. The maximum atomic E-state index is 12.7. The van der Waals surface area contributed by atoms with Crippen LogP contribution in [0.25, 0.3) is 0 Å². The number of benzene rings is 1. The molecule has 128 valence electrons. The molecule has 0 aliphatic rings. The molecule has 0 heterocycles. The summed E-state index contributed by atoms with van der Waals surface area (Å²) in [7, 11) is 0. The highest BCUT2D eigenvalue weighted by molar-refractivity contribution is 6.04. The van der Waals surface area contributed by atoms with Crippen molar-refractivity contribution in [3.8, 4) is 0 Å². The van der Waals surface area contributed by atoms with Gasteiger partial charge in [0.05, 0.1) is 17.7 Å². The van der Waals surface area contributed by atoms with Gasteiger partial charge in [-0.15, -0.1) is 0 Å². The van der Waals surface area contributed by atoms with Crippen molar-refractivity contribution < 1.29 is 22.7 Å². The molecule has 0 bridgehead atoms. The van der Waals surface area contributed by atoms with Gasteiger partial charge in [-0.25, -0.2) is 4.99 Å². The van der Waals surface area contributed by atoms with Gasteiger partial charge in [0.1, 0.15) is 0 Å². The molecular weight excluding hydrogens is 309 g/mol. The fraction of sp³-hybridized carbons (Fsp3) is 0.500. The topological polar surface area (TPSA) is 50.7 Å². The normalized spacial score (nSPS) is 13.8. The number of rotatable bonds is 4. The molecule has 0 spiro atoms. The fourth-order valence-electron chi connectivity index (χ4n) is 1.61. The molecule has 0 unspecified atom stereocenters. The van der Waals surface area contributed by atoms with Crippen LogP contribution >= 0.6 is 0 Å². The first-order valence-corrected chi connectivity index (χ1v) is 7.36. The largest absolute Gasteiger partial charge is 0.462 e. The van der Waals surface area contributed by atoms with Crippen LogP contribution in [0.3, 0.4) is 0 Å². The molecule has 1 rings (SSSR count). The van der Waals surface area contributed by atoms with Gasteiger partial charge < -0.3 is 4.74 Å². The van der Waals surface area contributed by atoms with Crippen LogP contribution < -0.4 is 5.32 Å². The minimum atomic E-state index is -4.50. The van der Waals surface area contributed by atoms with Gasteiger partial charge in [0.25, 0.3) is 11.9 Å². The predicted octanol–water partition coefficient (Wildman–Crippen LogP) is 4.01. The number of carbonyl (C=O) groups is 1. The summed E-state index contributed by atoms with van der Waals surface area (Å²) in [6.07, 6.45) is -3.98. The zero-order valence-electron chi connectivity index (χ0n) is 13.6. The molecule has 1 aromatic carbocycles. The van der Waals surface area contributed by atoms with Gasteiger partial charge in [0.15, 0.2) is 0 Å². The molecule has 1 N–H and O–H groups in total. The number of hydrogen-bond donors (Lipinski definition) is 1. The van der Waals surface area contributed by atoms with Crippen LogP contribution in [0.1, 0.15) is 50.0 Å². The summed E-state index contributed by atoms with van der Waals surface area (Å²) in [5.41, 5.74) is -0.987. The lowest BCUT2D eigenvalue weighted by molar-refractivity contribution is -0.137. The van der Waals surface area contributed by atoms with Crippen LogP contribution in [0.5, 0.6) is 0 Å². The van der Waals surface area contributed by atoms with Crippen LogP contribution in [0.15, 0.2) is 29.3 Å². The Morgan fingerprint density at radius 1 is 1.30 bits per heavy atom. The van der Waals surface area contributed by atoms with Crippen LogP contribution in [-0.2, 0) is 10.9 Å². The Hall–Kier alpha value is -2.05. The van der Waals surface area contributed by atoms with Crippen molar-refractivity contribution in [2.24, 2.45) is 4.99 Å². The number of nitrogens with zero attached hydrogens (tertiary/aromatic N) is 1. The van der Waals surface area contributed by atoms with Gasteiger partial charge in [0.2, 0.25) is 0 Å². The monoisotopic (exact) mass is 330 g/mol. The number of amides is 1. The number of carbonyl (C=O) groups excluding carboxylic acids is 1. The molecule has 0 aliphatic carbocycles. The SMILES string of the molecule is CC[C@H](C)N=C(NC(=O)c1cccc(C(F)(F)F)c1)OC(C)C. The molecule has 1 aromatic rings. The van der Waals surface area contributed by atoms with E-state index in [2.05, 4.69) is 10.3 Å². The Morgan fingerprint density at radius 2 is 1.96 bits per heavy atom. The van der Waals surface area contributed by atoms with Crippen LogP contribution in [-0.4, -0.2) is 24.1 Å². The zero-order chi connectivity index (χ0) is 17.6. The van der Waals surface area contributed by atoms with Gasteiger partial charge in [0, 0.05) is 5.56 Å². The maximum Gasteiger partial charge on any atom is 0.416 e. The molecule has 1 amide bonds. The second-order valence-electron chi connectivity index (χ2n) is 5.39. The predicted molar refractivity (Wildman–Crippen MR) is 82.3 cm³/mol. The Balaban J connectivity index is 2.97. The fourth-order valence-corrected chi connectivity index (χ4v) is 1.61. The average molecular weight is 330 g/mol. The molecule has 4 nitrogen and oxygen atoms in total. The van der Waals surface area contributed by atoms with Crippen LogP contribution in [0, 0.1) is 0 Å². The molecule has 0 radical (unpaired) electrons. The number of ether oxygens (including phenoxy) is 1. The van der Waals surface area contributed by atoms with Crippen molar-refractivity contribution in [3.05, 3.63) is 35.4 Å². The first-order valence-electron chi connectivity index (χ1n) is 7.36. The number of aliphatic imine (C=N–C) groups is 1. The first kappa shape index (κ1) is 19.0. The summed E-state index contributed by atoms with van der Waals surface area (Å²) < 4.78 is 43.5. The van der Waals surface area contributed by atoms with Crippen molar-refractivity contribution in [2.45, 2.75) is 52.4 Å². The highest BCUT2D eigenvalue weighted by Crippen LogP contribution is 2.29. The maximum absolute atomic E-state index is 12.7. The summed E-state index contributed by atoms with van der Waals surface area (Å²) in [5, 5.41) is 2.43. The third kappa shape index (κ3) is 6.30. The number of amidine groups is 1. The van der Waals surface area contributed by atoms with E-state index in [1.54, 1.807) is 13.8 Å². The Kier molecular flexibility index (Phi) is 6.60. The van der Waals surface area contributed by atoms with E-state index in [-0.39, 0.29) is 23.7 Å². The minimum Gasteiger partial charge on any atom is -0.462 e. The summed E-state index contributed by atoms with van der Waals surface area (Å²) in [5.74, 6) is -0.696. The molecule has 0 aliphatic heterocycles. The summed E-state index contributed by atoms with van der Waals surface area (Å²) in [6, 6.07) is 4.14. The highest BCUT2D eigenvalue weighted by atomic mass is 19.4. The Labute approximate surface area is 133 Å². The molecular formula is C16H21F3N2O2. The lowest BCUT2D eigenvalue weighted by Gasteiger charge is -2.15. The number of halogens is 3. The Bertz CT molecular complexity index is 569. The van der Waals surface area contributed by atoms with E-state index < -0.39 is 17.6 Å². The third-order valence-corrected chi connectivity index (χ3v) is 2.95. The van der Waals surface area contributed by atoms with E-state index in [4.69, 9.17) is 4.74 Å². The molecule has 0 aromatic heterocycles. The number of nitrogens with one attached hydrogen (secondary N) is 1. The van der Waals surface area contributed by atoms with Crippen molar-refractivity contribution in [1.29, 1.82) is 0 Å². The summed E-state index contributed by atoms with van der Waals surface area (Å²) in [6.45, 7) is 7.31. The van der Waals surface area contributed by atoms with Crippen molar-refractivity contribution in [3.63, 3.8) is 0 Å². The summed E-state index contributed by atoms with van der Waals surface area (Å²) >= 11 is 0.